The molecule has 0 spiro atoms. The average molecular weight is 338 g/mol. The third kappa shape index (κ3) is 2.61. The van der Waals surface area contributed by atoms with Crippen LogP contribution in [0.4, 0.5) is 16.2 Å². The molecule has 0 aromatic heterocycles. The Bertz CT molecular complexity index is 687. The Labute approximate surface area is 137 Å². The van der Waals surface area contributed by atoms with Gasteiger partial charge >= 0.3 is 12.0 Å². The maximum Gasteiger partial charge on any atom is 0.322 e. The van der Waals surface area contributed by atoms with Crippen molar-refractivity contribution in [2.45, 2.75) is 19.3 Å². The minimum absolute atomic E-state index is 0.253. The van der Waals surface area contributed by atoms with Crippen LogP contribution in [0.3, 0.4) is 0 Å². The quantitative estimate of drug-likeness (QED) is 0.732. The molecule has 0 atom stereocenters. The molecule has 8 heteroatoms. The summed E-state index contributed by atoms with van der Waals surface area (Å²) in [6.07, 6.45) is 1.39. The lowest BCUT2D eigenvalue weighted by molar-refractivity contribution is -0.159. The van der Waals surface area contributed by atoms with Crippen molar-refractivity contribution < 1.29 is 19.5 Å². The van der Waals surface area contributed by atoms with Gasteiger partial charge in [0.2, 0.25) is 5.91 Å². The van der Waals surface area contributed by atoms with Crippen molar-refractivity contribution in [1.29, 1.82) is 0 Å². The van der Waals surface area contributed by atoms with Crippen molar-refractivity contribution in [3.63, 3.8) is 0 Å². The molecule has 1 saturated heterocycles. The summed E-state index contributed by atoms with van der Waals surface area (Å²) in [7, 11) is 0. The Morgan fingerprint density at radius 2 is 2.09 bits per heavy atom. The highest BCUT2D eigenvalue weighted by Gasteiger charge is 2.51. The molecular formula is C15H16ClN3O4. The molecule has 1 aliphatic carbocycles. The molecule has 2 fully saturated rings. The van der Waals surface area contributed by atoms with E-state index in [0.29, 0.717) is 42.3 Å². The first kappa shape index (κ1) is 15.6. The monoisotopic (exact) mass is 337 g/mol. The third-order valence-electron chi connectivity index (χ3n) is 4.40. The number of nitrogens with one attached hydrogen (secondary N) is 2. The number of carboxylic acids is 1. The Kier molecular flexibility index (Phi) is 3.89. The fourth-order valence-electron chi connectivity index (χ4n) is 2.82. The summed E-state index contributed by atoms with van der Waals surface area (Å²) >= 11 is 6.13. The minimum atomic E-state index is -1.34. The van der Waals surface area contributed by atoms with Crippen molar-refractivity contribution in [1.82, 2.24) is 5.32 Å². The SMILES string of the molecule is O=C1NCCN1c1cc(NC(=O)C2(C(=O)O)CCC2)ccc1Cl. The van der Waals surface area contributed by atoms with Gasteiger partial charge in [-0.1, -0.05) is 18.0 Å². The summed E-state index contributed by atoms with van der Waals surface area (Å²) in [5, 5.41) is 15.0. The number of nitrogens with zero attached hydrogens (tertiary/aromatic N) is 1. The molecule has 7 nitrogen and oxygen atoms in total. The highest BCUT2D eigenvalue weighted by Crippen LogP contribution is 2.42. The van der Waals surface area contributed by atoms with E-state index in [-0.39, 0.29) is 6.03 Å². The summed E-state index contributed by atoms with van der Waals surface area (Å²) in [5.41, 5.74) is -0.441. The van der Waals surface area contributed by atoms with E-state index in [4.69, 9.17) is 11.6 Å². The Hall–Kier alpha value is -2.28. The number of halogens is 1. The topological polar surface area (TPSA) is 98.7 Å². The van der Waals surface area contributed by atoms with E-state index >= 15 is 0 Å². The van der Waals surface area contributed by atoms with Gasteiger partial charge in [-0.3, -0.25) is 14.5 Å². The lowest BCUT2D eigenvalue weighted by Gasteiger charge is -2.35. The maximum atomic E-state index is 12.3. The molecule has 122 valence electrons. The summed E-state index contributed by atoms with van der Waals surface area (Å²) < 4.78 is 0. The van der Waals surface area contributed by atoms with E-state index < -0.39 is 17.3 Å². The van der Waals surface area contributed by atoms with E-state index in [1.807, 2.05) is 0 Å². The maximum absolute atomic E-state index is 12.3. The second-order valence-electron chi connectivity index (χ2n) is 5.74. The first-order valence-electron chi connectivity index (χ1n) is 7.34. The van der Waals surface area contributed by atoms with Gasteiger partial charge in [-0.05, 0) is 31.0 Å². The van der Waals surface area contributed by atoms with Gasteiger partial charge in [0.25, 0.3) is 0 Å². The number of amides is 3. The van der Waals surface area contributed by atoms with Gasteiger partial charge in [-0.2, -0.15) is 0 Å². The Morgan fingerprint density at radius 1 is 1.35 bits per heavy atom. The summed E-state index contributed by atoms with van der Waals surface area (Å²) in [5.74, 6) is -1.63. The fraction of sp³-hybridized carbons (Fsp3) is 0.400. The van der Waals surface area contributed by atoms with Crippen LogP contribution in [-0.4, -0.2) is 36.1 Å². The van der Waals surface area contributed by atoms with E-state index in [2.05, 4.69) is 10.6 Å². The number of anilines is 2. The van der Waals surface area contributed by atoms with Crippen LogP contribution in [0.5, 0.6) is 0 Å². The first-order chi connectivity index (χ1) is 10.9. The van der Waals surface area contributed by atoms with E-state index in [1.54, 1.807) is 18.2 Å². The van der Waals surface area contributed by atoms with Crippen LogP contribution in [0.1, 0.15) is 19.3 Å². The van der Waals surface area contributed by atoms with Crippen LogP contribution in [0.15, 0.2) is 18.2 Å². The third-order valence-corrected chi connectivity index (χ3v) is 4.72. The zero-order chi connectivity index (χ0) is 16.6. The summed E-state index contributed by atoms with van der Waals surface area (Å²) in [6, 6.07) is 4.49. The minimum Gasteiger partial charge on any atom is -0.480 e. The van der Waals surface area contributed by atoms with Crippen molar-refractivity contribution in [3.05, 3.63) is 23.2 Å². The van der Waals surface area contributed by atoms with Crippen LogP contribution in [0, 0.1) is 5.41 Å². The molecule has 0 radical (unpaired) electrons. The van der Waals surface area contributed by atoms with Gasteiger partial charge in [0, 0.05) is 18.8 Å². The van der Waals surface area contributed by atoms with E-state index in [1.165, 1.54) is 4.90 Å². The molecule has 1 heterocycles. The molecule has 23 heavy (non-hydrogen) atoms. The molecule has 0 unspecified atom stereocenters. The smallest absolute Gasteiger partial charge is 0.322 e. The van der Waals surface area contributed by atoms with Crippen molar-refractivity contribution in [3.8, 4) is 0 Å². The van der Waals surface area contributed by atoms with Crippen LogP contribution in [0.2, 0.25) is 5.02 Å². The number of urea groups is 1. The predicted octanol–water partition coefficient (Wildman–Crippen LogP) is 2.06. The number of benzene rings is 1. The van der Waals surface area contributed by atoms with Crippen molar-refractivity contribution >= 4 is 40.9 Å². The van der Waals surface area contributed by atoms with Crippen LogP contribution in [-0.2, 0) is 9.59 Å². The molecule has 2 aliphatic rings. The number of aliphatic carboxylic acids is 1. The number of hydrogen-bond donors (Lipinski definition) is 3. The van der Waals surface area contributed by atoms with Crippen LogP contribution < -0.4 is 15.5 Å². The highest BCUT2D eigenvalue weighted by atomic mass is 35.5. The fourth-order valence-corrected chi connectivity index (χ4v) is 3.04. The van der Waals surface area contributed by atoms with Gasteiger partial charge in [0.1, 0.15) is 5.41 Å². The van der Waals surface area contributed by atoms with Crippen molar-refractivity contribution in [2.24, 2.45) is 5.41 Å². The van der Waals surface area contributed by atoms with Crippen LogP contribution in [0.25, 0.3) is 0 Å². The molecule has 3 rings (SSSR count). The molecule has 1 aliphatic heterocycles. The van der Waals surface area contributed by atoms with Gasteiger partial charge in [-0.25, -0.2) is 4.79 Å². The second-order valence-corrected chi connectivity index (χ2v) is 6.15. The number of rotatable bonds is 4. The van der Waals surface area contributed by atoms with Crippen molar-refractivity contribution in [2.75, 3.05) is 23.3 Å². The standard InChI is InChI=1S/C15H16ClN3O4/c16-10-3-2-9(8-11(10)19-7-6-17-14(19)23)18-12(20)15(13(21)22)4-1-5-15/h2-3,8H,1,4-7H2,(H,17,23)(H,18,20)(H,21,22). The van der Waals surface area contributed by atoms with Gasteiger partial charge in [0.15, 0.2) is 0 Å². The molecular weight excluding hydrogens is 322 g/mol. The number of carboxylic acid groups (broad SMARTS) is 1. The number of carbonyl (C=O) groups is 3. The largest absolute Gasteiger partial charge is 0.480 e. The van der Waals surface area contributed by atoms with Gasteiger partial charge in [0.05, 0.1) is 10.7 Å². The zero-order valence-corrected chi connectivity index (χ0v) is 13.0. The highest BCUT2D eigenvalue weighted by molar-refractivity contribution is 6.34. The molecule has 3 amide bonds. The average Bonchev–Trinajstić information content (AvgIpc) is 2.85. The van der Waals surface area contributed by atoms with Gasteiger partial charge in [-0.15, -0.1) is 0 Å². The lowest BCUT2D eigenvalue weighted by Crippen LogP contribution is -2.48. The lowest BCUT2D eigenvalue weighted by atomic mass is 9.68. The molecule has 0 bridgehead atoms. The normalized spacial score (nSPS) is 19.0. The second kappa shape index (κ2) is 5.73. The van der Waals surface area contributed by atoms with Crippen LogP contribution >= 0.6 is 11.6 Å². The van der Waals surface area contributed by atoms with E-state index in [9.17, 15) is 19.5 Å². The first-order valence-corrected chi connectivity index (χ1v) is 7.72. The summed E-state index contributed by atoms with van der Waals surface area (Å²) in [6.45, 7) is 1.00. The number of carbonyl (C=O) groups excluding carboxylic acids is 2. The number of hydrogen-bond acceptors (Lipinski definition) is 3. The summed E-state index contributed by atoms with van der Waals surface area (Å²) in [4.78, 5) is 36.9. The van der Waals surface area contributed by atoms with E-state index in [0.717, 1.165) is 6.42 Å². The van der Waals surface area contributed by atoms with Gasteiger partial charge < -0.3 is 15.7 Å². The Morgan fingerprint density at radius 3 is 2.61 bits per heavy atom. The Balaban J connectivity index is 1.82. The zero-order valence-electron chi connectivity index (χ0n) is 12.3. The predicted molar refractivity (Wildman–Crippen MR) is 84.7 cm³/mol. The molecule has 3 N–H and O–H groups in total. The molecule has 1 aromatic rings. The molecule has 1 saturated carbocycles. The molecule has 1 aromatic carbocycles.